The Morgan fingerprint density at radius 2 is 1.97 bits per heavy atom. The van der Waals surface area contributed by atoms with Gasteiger partial charge >= 0.3 is 5.97 Å². The third kappa shape index (κ3) is 5.49. The lowest BCUT2D eigenvalue weighted by molar-refractivity contribution is 0.0686. The number of halogens is 1. The van der Waals surface area contributed by atoms with Crippen molar-refractivity contribution < 1.29 is 14.3 Å². The van der Waals surface area contributed by atoms with Crippen molar-refractivity contribution in [1.82, 2.24) is 9.47 Å². The number of hydrogen-bond donors (Lipinski definition) is 2. The highest BCUT2D eigenvalue weighted by molar-refractivity contribution is 5.94. The first kappa shape index (κ1) is 23.8. The number of carboxylic acids is 1. The van der Waals surface area contributed by atoms with Gasteiger partial charge < -0.3 is 20.3 Å². The molecular weight excluding hydrogens is 405 g/mol. The predicted octanol–water partition coefficient (Wildman–Crippen LogP) is 5.66. The molecule has 0 amide bonds. The minimum atomic E-state index is -0.853. The van der Waals surface area contributed by atoms with Crippen LogP contribution < -0.4 is 5.73 Å². The van der Waals surface area contributed by atoms with Crippen molar-refractivity contribution in [3.8, 4) is 0 Å². The number of carbonyl (C=O) groups is 1. The number of fused-ring (bicyclic) bond motifs is 1. The zero-order valence-corrected chi connectivity index (χ0v) is 19.4. The van der Waals surface area contributed by atoms with Gasteiger partial charge in [-0.15, -0.1) is 0 Å². The molecule has 6 heteroatoms. The predicted molar refractivity (Wildman–Crippen MR) is 129 cm³/mol. The fourth-order valence-corrected chi connectivity index (χ4v) is 4.57. The lowest BCUT2D eigenvalue weighted by Crippen LogP contribution is -2.39. The summed E-state index contributed by atoms with van der Waals surface area (Å²) in [4.78, 5) is 14.0. The van der Waals surface area contributed by atoms with Crippen molar-refractivity contribution in [2.24, 2.45) is 0 Å². The molecule has 0 aliphatic carbocycles. The van der Waals surface area contributed by atoms with Gasteiger partial charge in [0.15, 0.2) is 0 Å². The number of anilines is 1. The summed E-state index contributed by atoms with van der Waals surface area (Å²) in [5.41, 5.74) is 9.39. The number of nitrogens with two attached hydrogens (primary N) is 1. The second-order valence-corrected chi connectivity index (χ2v) is 8.89. The van der Waals surface area contributed by atoms with E-state index in [4.69, 9.17) is 5.73 Å². The van der Waals surface area contributed by atoms with E-state index in [0.29, 0.717) is 29.9 Å². The summed E-state index contributed by atoms with van der Waals surface area (Å²) in [5, 5.41) is 10.4. The molecule has 1 aliphatic heterocycles. The molecule has 0 bridgehead atoms. The molecule has 0 radical (unpaired) electrons. The second kappa shape index (κ2) is 10.2. The first-order valence-electron chi connectivity index (χ1n) is 11.3. The third-order valence-electron chi connectivity index (χ3n) is 6.18. The summed E-state index contributed by atoms with van der Waals surface area (Å²) < 4.78 is 14.2. The molecule has 4 rings (SSSR count). The standard InChI is InChI=1S/C19H26N2O2.C7H8FN/c1-4-21-17-8-7-14(10-16(17)11-18(21)19(22)23)15-6-5-9-20(12-15)13(2)3;1-5-2-6(8)4-7(9)3-5/h7-8,10-11,13,15H,4-6,9,12H2,1-3H3,(H,22,23);2-4H,9H2,1H3. The van der Waals surface area contributed by atoms with Crippen LogP contribution in [0.25, 0.3) is 10.9 Å². The van der Waals surface area contributed by atoms with Gasteiger partial charge in [-0.25, -0.2) is 9.18 Å². The summed E-state index contributed by atoms with van der Waals surface area (Å²) in [6, 6.07) is 13.3. The molecule has 3 N–H and O–H groups in total. The Kier molecular flexibility index (Phi) is 7.56. The molecule has 0 saturated carbocycles. The number of nitrogen functional groups attached to an aromatic ring is 1. The van der Waals surface area contributed by atoms with E-state index in [2.05, 4.69) is 36.9 Å². The van der Waals surface area contributed by atoms with E-state index in [9.17, 15) is 14.3 Å². The Labute approximate surface area is 189 Å². The fourth-order valence-electron chi connectivity index (χ4n) is 4.57. The number of likely N-dealkylation sites (tertiary alicyclic amines) is 1. The minimum Gasteiger partial charge on any atom is -0.477 e. The molecule has 5 nitrogen and oxygen atoms in total. The highest BCUT2D eigenvalue weighted by Crippen LogP contribution is 2.31. The Bertz CT molecular complexity index is 1040. The van der Waals surface area contributed by atoms with Gasteiger partial charge in [0.25, 0.3) is 0 Å². The average Bonchev–Trinajstić information content (AvgIpc) is 3.11. The number of nitrogens with zero attached hydrogens (tertiary/aromatic N) is 2. The molecule has 1 atom stereocenters. The van der Waals surface area contributed by atoms with E-state index in [1.807, 2.05) is 17.6 Å². The maximum absolute atomic E-state index is 12.3. The summed E-state index contributed by atoms with van der Waals surface area (Å²) >= 11 is 0. The van der Waals surface area contributed by atoms with Gasteiger partial charge in [0.05, 0.1) is 0 Å². The van der Waals surface area contributed by atoms with Crippen LogP contribution in [0.1, 0.15) is 61.1 Å². The molecule has 32 heavy (non-hydrogen) atoms. The molecular formula is C26H34FN3O2. The average molecular weight is 440 g/mol. The smallest absolute Gasteiger partial charge is 0.352 e. The van der Waals surface area contributed by atoms with E-state index in [1.165, 1.54) is 37.1 Å². The maximum Gasteiger partial charge on any atom is 0.352 e. The molecule has 0 spiro atoms. The van der Waals surface area contributed by atoms with Gasteiger partial charge in [0, 0.05) is 35.7 Å². The summed E-state index contributed by atoms with van der Waals surface area (Å²) in [5.74, 6) is -0.574. The van der Waals surface area contributed by atoms with Crippen LogP contribution in [0.5, 0.6) is 0 Å². The Hall–Kier alpha value is -2.86. The molecule has 1 aliphatic rings. The van der Waals surface area contributed by atoms with Crippen molar-refractivity contribution in [3.05, 3.63) is 65.1 Å². The summed E-state index contributed by atoms with van der Waals surface area (Å²) in [6.07, 6.45) is 2.45. The number of aryl methyl sites for hydroxylation is 2. The van der Waals surface area contributed by atoms with Crippen molar-refractivity contribution in [3.63, 3.8) is 0 Å². The molecule has 1 fully saturated rings. The number of carboxylic acid groups (broad SMARTS) is 1. The number of rotatable bonds is 4. The van der Waals surface area contributed by atoms with Crippen LogP contribution >= 0.6 is 0 Å². The van der Waals surface area contributed by atoms with Crippen molar-refractivity contribution in [2.75, 3.05) is 18.8 Å². The molecule has 2 heterocycles. The molecule has 172 valence electrons. The van der Waals surface area contributed by atoms with Gasteiger partial charge in [-0.2, -0.15) is 0 Å². The van der Waals surface area contributed by atoms with Crippen LogP contribution in [0, 0.1) is 12.7 Å². The molecule has 1 saturated heterocycles. The molecule has 1 unspecified atom stereocenters. The van der Waals surface area contributed by atoms with Crippen molar-refractivity contribution in [1.29, 1.82) is 0 Å². The highest BCUT2D eigenvalue weighted by atomic mass is 19.1. The monoisotopic (exact) mass is 439 g/mol. The van der Waals surface area contributed by atoms with E-state index in [1.54, 1.807) is 13.0 Å². The van der Waals surface area contributed by atoms with Gasteiger partial charge in [0.2, 0.25) is 0 Å². The number of aromatic nitrogens is 1. The van der Waals surface area contributed by atoms with Crippen LogP contribution in [0.4, 0.5) is 10.1 Å². The zero-order valence-electron chi connectivity index (χ0n) is 19.4. The van der Waals surface area contributed by atoms with Crippen LogP contribution in [0.15, 0.2) is 42.5 Å². The largest absolute Gasteiger partial charge is 0.477 e. The van der Waals surface area contributed by atoms with E-state index in [0.717, 1.165) is 23.0 Å². The van der Waals surface area contributed by atoms with Crippen molar-refractivity contribution in [2.45, 2.75) is 59.0 Å². The number of aromatic carboxylic acids is 1. The molecule has 3 aromatic rings. The van der Waals surface area contributed by atoms with E-state index < -0.39 is 5.97 Å². The van der Waals surface area contributed by atoms with Crippen LogP contribution in [-0.2, 0) is 6.54 Å². The van der Waals surface area contributed by atoms with Crippen LogP contribution in [0.3, 0.4) is 0 Å². The van der Waals surface area contributed by atoms with E-state index >= 15 is 0 Å². The van der Waals surface area contributed by atoms with Gasteiger partial charge in [-0.3, -0.25) is 0 Å². The van der Waals surface area contributed by atoms with Gasteiger partial charge in [0.1, 0.15) is 11.5 Å². The first-order valence-corrected chi connectivity index (χ1v) is 11.3. The molecule has 2 aromatic carbocycles. The minimum absolute atomic E-state index is 0.271. The molecule has 1 aromatic heterocycles. The number of benzene rings is 2. The third-order valence-corrected chi connectivity index (χ3v) is 6.18. The first-order chi connectivity index (χ1) is 15.2. The lowest BCUT2D eigenvalue weighted by atomic mass is 9.89. The van der Waals surface area contributed by atoms with Crippen LogP contribution in [0.2, 0.25) is 0 Å². The SMILES string of the molecule is CCn1c(C(=O)O)cc2cc(C3CCCN(C(C)C)C3)ccc21.Cc1cc(N)cc(F)c1. The highest BCUT2D eigenvalue weighted by Gasteiger charge is 2.23. The Balaban J connectivity index is 0.000000269. The Morgan fingerprint density at radius 1 is 1.22 bits per heavy atom. The quantitative estimate of drug-likeness (QED) is 0.514. The maximum atomic E-state index is 12.3. The summed E-state index contributed by atoms with van der Waals surface area (Å²) in [6.45, 7) is 11.3. The Morgan fingerprint density at radius 3 is 2.56 bits per heavy atom. The number of hydrogen-bond acceptors (Lipinski definition) is 3. The normalized spacial score (nSPS) is 16.8. The van der Waals surface area contributed by atoms with Crippen LogP contribution in [-0.4, -0.2) is 39.7 Å². The summed E-state index contributed by atoms with van der Waals surface area (Å²) in [7, 11) is 0. The van der Waals surface area contributed by atoms with Gasteiger partial charge in [-0.05, 0) is 101 Å². The lowest BCUT2D eigenvalue weighted by Gasteiger charge is -2.35. The second-order valence-electron chi connectivity index (χ2n) is 8.89. The topological polar surface area (TPSA) is 71.5 Å². The fraction of sp³-hybridized carbons (Fsp3) is 0.423. The number of piperidine rings is 1. The van der Waals surface area contributed by atoms with Gasteiger partial charge in [-0.1, -0.05) is 6.07 Å². The van der Waals surface area contributed by atoms with Crippen molar-refractivity contribution >= 4 is 22.6 Å². The van der Waals surface area contributed by atoms with E-state index in [-0.39, 0.29) is 5.82 Å². The zero-order chi connectivity index (χ0) is 23.4.